The van der Waals surface area contributed by atoms with Crippen molar-refractivity contribution in [2.24, 2.45) is 0 Å². The smallest absolute Gasteiger partial charge is 0.251 e. The van der Waals surface area contributed by atoms with Crippen molar-refractivity contribution in [3.63, 3.8) is 0 Å². The highest BCUT2D eigenvalue weighted by atomic mass is 16.5. The summed E-state index contributed by atoms with van der Waals surface area (Å²) in [6, 6.07) is 6.88. The predicted octanol–water partition coefficient (Wildman–Crippen LogP) is 2.20. The van der Waals surface area contributed by atoms with E-state index in [1.807, 2.05) is 6.92 Å². The number of hydrogen-bond donors (Lipinski definition) is 2. The molecule has 2 amide bonds. The molecule has 0 atom stereocenters. The summed E-state index contributed by atoms with van der Waals surface area (Å²) < 4.78 is 5.35. The monoisotopic (exact) mass is 361 g/mol. The molecule has 0 spiro atoms. The Bertz CT molecular complexity index is 593. The second-order valence-electron chi connectivity index (χ2n) is 7.28. The van der Waals surface area contributed by atoms with Crippen LogP contribution in [0.25, 0.3) is 0 Å². The number of nitrogens with one attached hydrogen (secondary N) is 2. The summed E-state index contributed by atoms with van der Waals surface area (Å²) in [5.74, 6) is 0.287. The van der Waals surface area contributed by atoms with Gasteiger partial charge in [0, 0.05) is 17.6 Å². The fourth-order valence-electron chi connectivity index (χ4n) is 3.12. The van der Waals surface area contributed by atoms with Crippen LogP contribution < -0.4 is 15.4 Å². The quantitative estimate of drug-likeness (QED) is 0.745. The van der Waals surface area contributed by atoms with Crippen LogP contribution in [0.1, 0.15) is 50.4 Å². The highest BCUT2D eigenvalue weighted by Crippen LogP contribution is 2.19. The van der Waals surface area contributed by atoms with Crippen molar-refractivity contribution in [1.82, 2.24) is 15.5 Å². The van der Waals surface area contributed by atoms with Gasteiger partial charge in [-0.2, -0.15) is 0 Å². The molecule has 6 nitrogen and oxygen atoms in total. The van der Waals surface area contributed by atoms with Crippen LogP contribution in [0, 0.1) is 0 Å². The molecule has 0 bridgehead atoms. The summed E-state index contributed by atoms with van der Waals surface area (Å²) in [6.45, 7) is 9.50. The molecule has 0 unspecified atom stereocenters. The first kappa shape index (κ1) is 20.2. The van der Waals surface area contributed by atoms with Crippen LogP contribution in [0.15, 0.2) is 24.3 Å². The Balaban J connectivity index is 1.74. The molecule has 1 heterocycles. The fourth-order valence-corrected chi connectivity index (χ4v) is 3.12. The lowest BCUT2D eigenvalue weighted by molar-refractivity contribution is -0.120. The third-order valence-corrected chi connectivity index (χ3v) is 4.77. The minimum Gasteiger partial charge on any atom is -0.494 e. The molecule has 1 aliphatic heterocycles. The third kappa shape index (κ3) is 6.02. The predicted molar refractivity (Wildman–Crippen MR) is 102 cm³/mol. The van der Waals surface area contributed by atoms with E-state index < -0.39 is 0 Å². The standard InChI is InChI=1S/C20H31N3O3/c1-4-26-17-10-8-16(9-11-17)19(25)21-14-18(24)22-15-20(2,3)23-12-6-5-7-13-23/h8-11H,4-7,12-15H2,1-3H3,(H,21,25)(H,22,24). The van der Waals surface area contributed by atoms with Gasteiger partial charge in [0.2, 0.25) is 5.91 Å². The van der Waals surface area contributed by atoms with Crippen molar-refractivity contribution in [3.8, 4) is 5.75 Å². The summed E-state index contributed by atoms with van der Waals surface area (Å²) in [6.07, 6.45) is 3.72. The molecule has 1 aromatic carbocycles. The molecule has 1 aliphatic rings. The fraction of sp³-hybridized carbons (Fsp3) is 0.600. The van der Waals surface area contributed by atoms with Crippen LogP contribution in [0.3, 0.4) is 0 Å². The van der Waals surface area contributed by atoms with E-state index in [0.29, 0.717) is 18.7 Å². The highest BCUT2D eigenvalue weighted by molar-refractivity contribution is 5.96. The molecular formula is C20H31N3O3. The van der Waals surface area contributed by atoms with Crippen molar-refractivity contribution >= 4 is 11.8 Å². The van der Waals surface area contributed by atoms with E-state index in [-0.39, 0.29) is 23.9 Å². The van der Waals surface area contributed by atoms with Crippen molar-refractivity contribution in [1.29, 1.82) is 0 Å². The van der Waals surface area contributed by atoms with Gasteiger partial charge in [-0.15, -0.1) is 0 Å². The Kier molecular flexibility index (Phi) is 7.45. The molecule has 26 heavy (non-hydrogen) atoms. The van der Waals surface area contributed by atoms with E-state index in [9.17, 15) is 9.59 Å². The topological polar surface area (TPSA) is 70.7 Å². The van der Waals surface area contributed by atoms with E-state index in [0.717, 1.165) is 18.8 Å². The van der Waals surface area contributed by atoms with Crippen LogP contribution >= 0.6 is 0 Å². The number of benzene rings is 1. The molecule has 0 saturated carbocycles. The lowest BCUT2D eigenvalue weighted by atomic mass is 9.98. The average molecular weight is 361 g/mol. The maximum Gasteiger partial charge on any atom is 0.251 e. The number of rotatable bonds is 8. The maximum absolute atomic E-state index is 12.1. The van der Waals surface area contributed by atoms with Crippen molar-refractivity contribution in [2.75, 3.05) is 32.8 Å². The van der Waals surface area contributed by atoms with E-state index in [4.69, 9.17) is 4.74 Å². The van der Waals surface area contributed by atoms with Gasteiger partial charge in [-0.25, -0.2) is 0 Å². The van der Waals surface area contributed by atoms with Gasteiger partial charge in [0.05, 0.1) is 13.2 Å². The number of ether oxygens (including phenoxy) is 1. The molecule has 1 fully saturated rings. The lowest BCUT2D eigenvalue weighted by Gasteiger charge is -2.41. The maximum atomic E-state index is 12.1. The normalized spacial score (nSPS) is 15.3. The Morgan fingerprint density at radius 2 is 1.73 bits per heavy atom. The van der Waals surface area contributed by atoms with Gasteiger partial charge in [0.1, 0.15) is 5.75 Å². The van der Waals surface area contributed by atoms with E-state index >= 15 is 0 Å². The Labute approximate surface area is 156 Å². The van der Waals surface area contributed by atoms with Gasteiger partial charge < -0.3 is 15.4 Å². The van der Waals surface area contributed by atoms with Crippen molar-refractivity contribution in [2.45, 2.75) is 45.6 Å². The van der Waals surface area contributed by atoms with Crippen LogP contribution in [0.2, 0.25) is 0 Å². The Hall–Kier alpha value is -2.08. The molecule has 2 rings (SSSR count). The van der Waals surface area contributed by atoms with Crippen LogP contribution in [0.5, 0.6) is 5.75 Å². The van der Waals surface area contributed by atoms with E-state index in [1.54, 1.807) is 24.3 Å². The van der Waals surface area contributed by atoms with Crippen LogP contribution in [-0.2, 0) is 4.79 Å². The first-order valence-electron chi connectivity index (χ1n) is 9.45. The number of amides is 2. The summed E-state index contributed by atoms with van der Waals surface area (Å²) >= 11 is 0. The molecule has 1 aromatic rings. The second-order valence-corrected chi connectivity index (χ2v) is 7.28. The van der Waals surface area contributed by atoms with Crippen LogP contribution in [0.4, 0.5) is 0 Å². The van der Waals surface area contributed by atoms with Gasteiger partial charge in [-0.05, 0) is 71.0 Å². The highest BCUT2D eigenvalue weighted by Gasteiger charge is 2.28. The van der Waals surface area contributed by atoms with Gasteiger partial charge >= 0.3 is 0 Å². The number of nitrogens with zero attached hydrogens (tertiary/aromatic N) is 1. The summed E-state index contributed by atoms with van der Waals surface area (Å²) in [5, 5.41) is 5.60. The molecule has 0 radical (unpaired) electrons. The molecule has 0 aliphatic carbocycles. The summed E-state index contributed by atoms with van der Waals surface area (Å²) in [7, 11) is 0. The first-order chi connectivity index (χ1) is 12.4. The number of carbonyl (C=O) groups is 2. The number of carbonyl (C=O) groups excluding carboxylic acids is 2. The van der Waals surface area contributed by atoms with Crippen molar-refractivity contribution in [3.05, 3.63) is 29.8 Å². The largest absolute Gasteiger partial charge is 0.494 e. The minimum absolute atomic E-state index is 0.0257. The summed E-state index contributed by atoms with van der Waals surface area (Å²) in [4.78, 5) is 26.6. The molecular weight excluding hydrogens is 330 g/mol. The zero-order chi connectivity index (χ0) is 19.0. The van der Waals surface area contributed by atoms with E-state index in [2.05, 4.69) is 29.4 Å². The third-order valence-electron chi connectivity index (χ3n) is 4.77. The molecule has 1 saturated heterocycles. The number of piperidine rings is 1. The molecule has 144 valence electrons. The van der Waals surface area contributed by atoms with Gasteiger partial charge in [-0.3, -0.25) is 14.5 Å². The average Bonchev–Trinajstić information content (AvgIpc) is 2.66. The van der Waals surface area contributed by atoms with Gasteiger partial charge in [0.25, 0.3) is 5.91 Å². The minimum atomic E-state index is -0.265. The molecule has 6 heteroatoms. The lowest BCUT2D eigenvalue weighted by Crippen LogP contribution is -2.54. The van der Waals surface area contributed by atoms with Crippen molar-refractivity contribution < 1.29 is 14.3 Å². The van der Waals surface area contributed by atoms with Gasteiger partial charge in [0.15, 0.2) is 0 Å². The first-order valence-corrected chi connectivity index (χ1v) is 9.45. The number of likely N-dealkylation sites (tertiary alicyclic amines) is 1. The second kappa shape index (κ2) is 9.57. The zero-order valence-corrected chi connectivity index (χ0v) is 16.1. The summed E-state index contributed by atoms with van der Waals surface area (Å²) in [5.41, 5.74) is 0.435. The Morgan fingerprint density at radius 1 is 1.08 bits per heavy atom. The van der Waals surface area contributed by atoms with Gasteiger partial charge in [-0.1, -0.05) is 6.42 Å². The molecule has 2 N–H and O–H groups in total. The SMILES string of the molecule is CCOc1ccc(C(=O)NCC(=O)NCC(C)(C)N2CCCCC2)cc1. The molecule has 0 aromatic heterocycles. The zero-order valence-electron chi connectivity index (χ0n) is 16.1. The number of hydrogen-bond acceptors (Lipinski definition) is 4. The van der Waals surface area contributed by atoms with Crippen LogP contribution in [-0.4, -0.2) is 55.0 Å². The Morgan fingerprint density at radius 3 is 2.35 bits per heavy atom. The van der Waals surface area contributed by atoms with E-state index in [1.165, 1.54) is 19.3 Å².